The molecule has 1 nitrogen and oxygen atoms in total. The topological polar surface area (TPSA) is 9.23 Å². The molecule has 23 heavy (non-hydrogen) atoms. The van der Waals surface area contributed by atoms with Crippen LogP contribution >= 0.6 is 0 Å². The van der Waals surface area contributed by atoms with E-state index in [2.05, 4.69) is 61.5 Å². The van der Waals surface area contributed by atoms with Crippen LogP contribution in [0.1, 0.15) is 18.1 Å². The summed E-state index contributed by atoms with van der Waals surface area (Å²) >= 11 is 0. The molecule has 3 rings (SSSR count). The highest BCUT2D eigenvalue weighted by atomic mass is 16.5. The first kappa shape index (κ1) is 15.1. The van der Waals surface area contributed by atoms with Gasteiger partial charge in [0.25, 0.3) is 0 Å². The van der Waals surface area contributed by atoms with Crippen molar-refractivity contribution in [2.45, 2.75) is 6.92 Å². The summed E-state index contributed by atoms with van der Waals surface area (Å²) in [6, 6.07) is 31.5. The van der Waals surface area contributed by atoms with Crippen molar-refractivity contribution in [3.63, 3.8) is 0 Å². The first-order valence-electron chi connectivity index (χ1n) is 7.74. The Labute approximate surface area is 137 Å². The highest BCUT2D eigenvalue weighted by Gasteiger charge is 2.09. The maximum atomic E-state index is 5.99. The Kier molecular flexibility index (Phi) is 4.90. The molecule has 0 amide bonds. The van der Waals surface area contributed by atoms with Gasteiger partial charge in [0.2, 0.25) is 0 Å². The molecular formula is C22H19O. The second-order valence-electron chi connectivity index (χ2n) is 5.36. The Bertz CT molecular complexity index is 759. The minimum absolute atomic E-state index is 0.536. The average Bonchev–Trinajstić information content (AvgIpc) is 2.64. The molecule has 3 aromatic carbocycles. The number of hydrogen-bond donors (Lipinski definition) is 0. The molecule has 1 heteroatoms. The first-order chi connectivity index (χ1) is 11.3. The third-order valence-corrected chi connectivity index (χ3v) is 3.85. The molecule has 0 fully saturated rings. The zero-order valence-electron chi connectivity index (χ0n) is 13.2. The second-order valence-corrected chi connectivity index (χ2v) is 5.36. The van der Waals surface area contributed by atoms with Crippen molar-refractivity contribution >= 4 is 11.1 Å². The van der Waals surface area contributed by atoms with Crippen LogP contribution < -0.4 is 4.74 Å². The van der Waals surface area contributed by atoms with Crippen molar-refractivity contribution in [2.24, 2.45) is 0 Å². The third kappa shape index (κ3) is 3.89. The normalized spacial score (nSPS) is 11.7. The molecule has 0 saturated heterocycles. The number of rotatable bonds is 5. The van der Waals surface area contributed by atoms with Crippen LogP contribution in [0, 0.1) is 6.07 Å². The maximum Gasteiger partial charge on any atom is 0.119 e. The Hall–Kier alpha value is -2.80. The van der Waals surface area contributed by atoms with Crippen molar-refractivity contribution in [1.82, 2.24) is 0 Å². The van der Waals surface area contributed by atoms with E-state index < -0.39 is 0 Å². The van der Waals surface area contributed by atoms with Gasteiger partial charge in [-0.25, -0.2) is 0 Å². The van der Waals surface area contributed by atoms with Crippen LogP contribution in [-0.2, 0) is 0 Å². The molecule has 0 saturated carbocycles. The van der Waals surface area contributed by atoms with Gasteiger partial charge in [0.1, 0.15) is 12.4 Å². The number of hydrogen-bond acceptors (Lipinski definition) is 1. The van der Waals surface area contributed by atoms with Crippen LogP contribution in [0.25, 0.3) is 11.1 Å². The van der Waals surface area contributed by atoms with E-state index in [9.17, 15) is 0 Å². The zero-order chi connectivity index (χ0) is 15.9. The Morgan fingerprint density at radius 3 is 1.96 bits per heavy atom. The van der Waals surface area contributed by atoms with Gasteiger partial charge in [0.05, 0.1) is 0 Å². The Morgan fingerprint density at radius 1 is 0.783 bits per heavy atom. The lowest BCUT2D eigenvalue weighted by Gasteiger charge is -2.15. The summed E-state index contributed by atoms with van der Waals surface area (Å²) in [6.07, 6.45) is 0. The highest BCUT2D eigenvalue weighted by Crippen LogP contribution is 2.27. The smallest absolute Gasteiger partial charge is 0.119 e. The lowest BCUT2D eigenvalue weighted by Crippen LogP contribution is -2.03. The van der Waals surface area contributed by atoms with Gasteiger partial charge >= 0.3 is 0 Å². The van der Waals surface area contributed by atoms with Gasteiger partial charge in [0, 0.05) is 5.57 Å². The van der Waals surface area contributed by atoms with E-state index in [1.807, 2.05) is 36.4 Å². The SMILES string of the molecule is C/C(=C(/COc1cc[c]cc1)c1ccccc1)c1ccccc1. The molecule has 0 aromatic heterocycles. The van der Waals surface area contributed by atoms with E-state index in [-0.39, 0.29) is 0 Å². The highest BCUT2D eigenvalue weighted by molar-refractivity contribution is 5.90. The summed E-state index contributed by atoms with van der Waals surface area (Å²) in [7, 11) is 0. The van der Waals surface area contributed by atoms with Crippen molar-refractivity contribution in [2.75, 3.05) is 6.61 Å². The summed E-state index contributed by atoms with van der Waals surface area (Å²) in [5, 5.41) is 0. The van der Waals surface area contributed by atoms with Crippen LogP contribution in [0.4, 0.5) is 0 Å². The Morgan fingerprint density at radius 2 is 1.35 bits per heavy atom. The first-order valence-corrected chi connectivity index (χ1v) is 7.74. The summed E-state index contributed by atoms with van der Waals surface area (Å²) in [5.41, 5.74) is 4.84. The molecule has 0 spiro atoms. The molecule has 0 aliphatic rings. The Balaban J connectivity index is 1.94. The third-order valence-electron chi connectivity index (χ3n) is 3.85. The molecule has 0 bridgehead atoms. The molecule has 0 unspecified atom stereocenters. The molecule has 1 radical (unpaired) electrons. The van der Waals surface area contributed by atoms with Gasteiger partial charge in [0.15, 0.2) is 0 Å². The molecule has 0 heterocycles. The van der Waals surface area contributed by atoms with E-state index in [4.69, 9.17) is 4.74 Å². The minimum atomic E-state index is 0.536. The molecule has 0 aliphatic heterocycles. The van der Waals surface area contributed by atoms with Gasteiger partial charge in [-0.2, -0.15) is 0 Å². The van der Waals surface area contributed by atoms with E-state index in [0.29, 0.717) is 6.61 Å². The lowest BCUT2D eigenvalue weighted by atomic mass is 9.96. The van der Waals surface area contributed by atoms with Gasteiger partial charge in [-0.15, -0.1) is 0 Å². The van der Waals surface area contributed by atoms with Crippen molar-refractivity contribution in [1.29, 1.82) is 0 Å². The fraction of sp³-hybridized carbons (Fsp3) is 0.0909. The molecular weight excluding hydrogens is 280 g/mol. The standard InChI is InChI=1S/C22H19O/c1-18(19-11-5-2-6-12-19)22(20-13-7-3-8-14-20)17-23-21-15-9-4-10-16-21/h2-3,5-16H,17H2,1H3/b22-18+. The van der Waals surface area contributed by atoms with E-state index in [1.54, 1.807) is 0 Å². The average molecular weight is 299 g/mol. The van der Waals surface area contributed by atoms with Crippen molar-refractivity contribution < 1.29 is 4.74 Å². The molecule has 0 aliphatic carbocycles. The lowest BCUT2D eigenvalue weighted by molar-refractivity contribution is 0.370. The van der Waals surface area contributed by atoms with Gasteiger partial charge in [-0.3, -0.25) is 0 Å². The van der Waals surface area contributed by atoms with Crippen LogP contribution in [0.5, 0.6) is 5.75 Å². The fourth-order valence-corrected chi connectivity index (χ4v) is 2.53. The minimum Gasteiger partial charge on any atom is -0.489 e. The van der Waals surface area contributed by atoms with Crippen LogP contribution in [0.15, 0.2) is 84.9 Å². The molecule has 113 valence electrons. The number of allylic oxidation sites excluding steroid dienone is 1. The van der Waals surface area contributed by atoms with E-state index in [0.717, 1.165) is 5.75 Å². The number of ether oxygens (including phenoxy) is 1. The molecule has 0 atom stereocenters. The predicted molar refractivity (Wildman–Crippen MR) is 96.1 cm³/mol. The van der Waals surface area contributed by atoms with E-state index >= 15 is 0 Å². The summed E-state index contributed by atoms with van der Waals surface area (Å²) in [6.45, 7) is 2.69. The molecule has 0 N–H and O–H groups in total. The number of benzene rings is 3. The second kappa shape index (κ2) is 7.46. The quantitative estimate of drug-likeness (QED) is 0.565. The van der Waals surface area contributed by atoms with Crippen molar-refractivity contribution in [3.05, 3.63) is 102 Å². The zero-order valence-corrected chi connectivity index (χ0v) is 13.2. The fourth-order valence-electron chi connectivity index (χ4n) is 2.53. The van der Waals surface area contributed by atoms with E-state index in [1.165, 1.54) is 22.3 Å². The summed E-state index contributed by atoms with van der Waals surface area (Å²) in [5.74, 6) is 0.859. The van der Waals surface area contributed by atoms with Crippen LogP contribution in [0.2, 0.25) is 0 Å². The van der Waals surface area contributed by atoms with Gasteiger partial charge < -0.3 is 4.74 Å². The van der Waals surface area contributed by atoms with Gasteiger partial charge in [-0.1, -0.05) is 72.8 Å². The summed E-state index contributed by atoms with van der Waals surface area (Å²) < 4.78 is 5.99. The van der Waals surface area contributed by atoms with Crippen molar-refractivity contribution in [3.8, 4) is 5.75 Å². The van der Waals surface area contributed by atoms with Gasteiger partial charge in [-0.05, 0) is 41.8 Å². The largest absolute Gasteiger partial charge is 0.489 e. The van der Waals surface area contributed by atoms with Crippen LogP contribution in [-0.4, -0.2) is 6.61 Å². The predicted octanol–water partition coefficient (Wildman–Crippen LogP) is 5.50. The summed E-state index contributed by atoms with van der Waals surface area (Å²) in [4.78, 5) is 0. The molecule has 3 aromatic rings. The van der Waals surface area contributed by atoms with Crippen LogP contribution in [0.3, 0.4) is 0 Å². The monoisotopic (exact) mass is 299 g/mol. The maximum absolute atomic E-state index is 5.99.